The van der Waals surface area contributed by atoms with Crippen LogP contribution in [-0.4, -0.2) is 31.8 Å². The van der Waals surface area contributed by atoms with Crippen LogP contribution in [0.3, 0.4) is 0 Å². The predicted molar refractivity (Wildman–Crippen MR) is 95.9 cm³/mol. The van der Waals surface area contributed by atoms with E-state index < -0.39 is 13.3 Å². The van der Waals surface area contributed by atoms with E-state index in [9.17, 15) is 9.36 Å². The number of aryl methyl sites for hydroxylation is 1. The van der Waals surface area contributed by atoms with Gasteiger partial charge in [-0.2, -0.15) is 0 Å². The Morgan fingerprint density at radius 1 is 1.08 bits per heavy atom. The maximum atomic E-state index is 12.8. The van der Waals surface area contributed by atoms with Crippen molar-refractivity contribution >= 4 is 13.4 Å². The van der Waals surface area contributed by atoms with Crippen LogP contribution < -0.4 is 4.74 Å². The Bertz CT molecular complexity index is 531. The van der Waals surface area contributed by atoms with Gasteiger partial charge in [0.05, 0.1) is 20.3 Å². The number of Topliss-reactive ketones (excluding diaryl/α,β-unsaturated/α-hetero) is 1. The van der Waals surface area contributed by atoms with Crippen molar-refractivity contribution in [2.45, 2.75) is 52.1 Å². The minimum atomic E-state index is -3.37. The molecule has 0 amide bonds. The van der Waals surface area contributed by atoms with Crippen molar-refractivity contribution in [3.05, 3.63) is 29.8 Å². The Labute approximate surface area is 145 Å². The molecule has 136 valence electrons. The standard InChI is InChI=1S/C18H29O5P/c1-5-22-24(20,23-6-2)18(15(3)19)10-8-7-9-16-11-13-17(21-4)14-12-16/h11-14,18H,5-10H2,1-4H3/t18-/m1/s1. The zero-order valence-corrected chi connectivity index (χ0v) is 16.0. The fourth-order valence-corrected chi connectivity index (χ4v) is 4.72. The molecule has 24 heavy (non-hydrogen) atoms. The third-order valence-corrected chi connectivity index (χ3v) is 6.44. The second kappa shape index (κ2) is 10.7. The Kier molecular flexibility index (Phi) is 9.27. The number of ether oxygens (including phenoxy) is 1. The van der Waals surface area contributed by atoms with E-state index in [1.165, 1.54) is 12.5 Å². The third-order valence-electron chi connectivity index (χ3n) is 3.82. The number of carbonyl (C=O) groups excluding carboxylic acids is 1. The number of unbranched alkanes of at least 4 members (excludes halogenated alkanes) is 1. The van der Waals surface area contributed by atoms with E-state index >= 15 is 0 Å². The van der Waals surface area contributed by atoms with Gasteiger partial charge in [0.15, 0.2) is 0 Å². The Morgan fingerprint density at radius 3 is 2.12 bits per heavy atom. The van der Waals surface area contributed by atoms with Gasteiger partial charge in [-0.1, -0.05) is 18.6 Å². The minimum absolute atomic E-state index is 0.135. The normalized spacial score (nSPS) is 12.8. The van der Waals surface area contributed by atoms with Crippen molar-refractivity contribution in [2.24, 2.45) is 0 Å². The summed E-state index contributed by atoms with van der Waals surface area (Å²) in [4.78, 5) is 11.9. The number of hydrogen-bond acceptors (Lipinski definition) is 5. The van der Waals surface area contributed by atoms with Crippen LogP contribution >= 0.6 is 7.60 Å². The van der Waals surface area contributed by atoms with Gasteiger partial charge in [-0.05, 0) is 57.7 Å². The Balaban J connectivity index is 2.56. The molecule has 0 saturated carbocycles. The van der Waals surface area contributed by atoms with Gasteiger partial charge < -0.3 is 13.8 Å². The second-order valence-electron chi connectivity index (χ2n) is 5.60. The van der Waals surface area contributed by atoms with Crippen molar-refractivity contribution in [1.29, 1.82) is 0 Å². The Hall–Kier alpha value is -1.16. The molecular weight excluding hydrogens is 327 g/mol. The van der Waals surface area contributed by atoms with E-state index in [0.29, 0.717) is 6.42 Å². The van der Waals surface area contributed by atoms with Crippen molar-refractivity contribution in [1.82, 2.24) is 0 Å². The molecule has 0 fully saturated rings. The van der Waals surface area contributed by atoms with Crippen LogP contribution in [0.5, 0.6) is 5.75 Å². The highest BCUT2D eigenvalue weighted by Gasteiger charge is 2.38. The summed E-state index contributed by atoms with van der Waals surface area (Å²) in [5, 5.41) is 0. The van der Waals surface area contributed by atoms with E-state index in [2.05, 4.69) is 0 Å². The van der Waals surface area contributed by atoms with Crippen molar-refractivity contribution in [3.8, 4) is 5.75 Å². The van der Waals surface area contributed by atoms with Gasteiger partial charge in [-0.3, -0.25) is 9.36 Å². The van der Waals surface area contributed by atoms with Crippen LogP contribution in [0.2, 0.25) is 0 Å². The van der Waals surface area contributed by atoms with Crippen molar-refractivity contribution < 1.29 is 23.1 Å². The first-order valence-corrected chi connectivity index (χ1v) is 10.1. The number of rotatable bonds is 12. The molecule has 0 radical (unpaired) electrons. The first kappa shape index (κ1) is 20.9. The summed E-state index contributed by atoms with van der Waals surface area (Å²) in [5.74, 6) is 0.703. The van der Waals surface area contributed by atoms with Gasteiger partial charge >= 0.3 is 7.60 Å². The number of benzene rings is 1. The fourth-order valence-electron chi connectivity index (χ4n) is 2.62. The molecule has 1 aromatic carbocycles. The molecule has 0 N–H and O–H groups in total. The first-order chi connectivity index (χ1) is 11.5. The average Bonchev–Trinajstić information content (AvgIpc) is 2.55. The lowest BCUT2D eigenvalue weighted by atomic mass is 10.1. The summed E-state index contributed by atoms with van der Waals surface area (Å²) >= 11 is 0. The van der Waals surface area contributed by atoms with Crippen LogP contribution in [0.4, 0.5) is 0 Å². The lowest BCUT2D eigenvalue weighted by molar-refractivity contribution is -0.117. The average molecular weight is 356 g/mol. The molecule has 1 rings (SSSR count). The SMILES string of the molecule is CCOP(=O)(OCC)[C@H](CCCCc1ccc(OC)cc1)C(C)=O. The lowest BCUT2D eigenvalue weighted by Gasteiger charge is -2.24. The van der Waals surface area contributed by atoms with E-state index in [0.717, 1.165) is 25.0 Å². The Morgan fingerprint density at radius 2 is 1.67 bits per heavy atom. The smallest absolute Gasteiger partial charge is 0.341 e. The monoisotopic (exact) mass is 356 g/mol. The number of carbonyl (C=O) groups is 1. The summed E-state index contributed by atoms with van der Waals surface area (Å²) in [6, 6.07) is 7.94. The van der Waals surface area contributed by atoms with E-state index in [-0.39, 0.29) is 19.0 Å². The molecule has 1 aromatic rings. The number of hydrogen-bond donors (Lipinski definition) is 0. The van der Waals surface area contributed by atoms with E-state index in [1.54, 1.807) is 21.0 Å². The zero-order valence-electron chi connectivity index (χ0n) is 15.1. The van der Waals surface area contributed by atoms with Gasteiger partial charge in [-0.25, -0.2) is 0 Å². The highest BCUT2D eigenvalue weighted by atomic mass is 31.2. The molecule has 0 bridgehead atoms. The number of methoxy groups -OCH3 is 1. The highest BCUT2D eigenvalue weighted by molar-refractivity contribution is 7.55. The van der Waals surface area contributed by atoms with Crippen molar-refractivity contribution in [3.63, 3.8) is 0 Å². The quantitative estimate of drug-likeness (QED) is 0.403. The van der Waals surface area contributed by atoms with Gasteiger partial charge in [0, 0.05) is 0 Å². The summed E-state index contributed by atoms with van der Waals surface area (Å²) in [6.07, 6.45) is 3.12. The van der Waals surface area contributed by atoms with Gasteiger partial charge in [0.25, 0.3) is 0 Å². The first-order valence-electron chi connectivity index (χ1n) is 8.49. The van der Waals surface area contributed by atoms with Crippen LogP contribution in [0, 0.1) is 0 Å². The molecule has 0 aromatic heterocycles. The predicted octanol–water partition coefficient (Wildman–Crippen LogP) is 4.63. The topological polar surface area (TPSA) is 61.8 Å². The molecule has 0 unspecified atom stereocenters. The zero-order chi connectivity index (χ0) is 18.0. The van der Waals surface area contributed by atoms with Crippen LogP contribution in [0.25, 0.3) is 0 Å². The molecule has 1 atom stereocenters. The van der Waals surface area contributed by atoms with E-state index in [1.807, 2.05) is 24.3 Å². The maximum absolute atomic E-state index is 12.8. The highest BCUT2D eigenvalue weighted by Crippen LogP contribution is 2.54. The summed E-state index contributed by atoms with van der Waals surface area (Å²) < 4.78 is 28.6. The molecule has 0 heterocycles. The molecule has 5 nitrogen and oxygen atoms in total. The summed E-state index contributed by atoms with van der Waals surface area (Å²) in [5.41, 5.74) is 0.543. The summed E-state index contributed by atoms with van der Waals surface area (Å²) in [7, 11) is -1.73. The maximum Gasteiger partial charge on any atom is 0.341 e. The fraction of sp³-hybridized carbons (Fsp3) is 0.611. The van der Waals surface area contributed by atoms with Crippen LogP contribution in [0.15, 0.2) is 24.3 Å². The molecule has 0 aliphatic carbocycles. The molecule has 0 saturated heterocycles. The molecule has 0 aliphatic rings. The van der Waals surface area contributed by atoms with E-state index in [4.69, 9.17) is 13.8 Å². The largest absolute Gasteiger partial charge is 0.497 e. The van der Waals surface area contributed by atoms with Gasteiger partial charge in [-0.15, -0.1) is 0 Å². The van der Waals surface area contributed by atoms with Crippen molar-refractivity contribution in [2.75, 3.05) is 20.3 Å². The van der Waals surface area contributed by atoms with Crippen LogP contribution in [-0.2, 0) is 24.8 Å². The number of ketones is 1. The lowest BCUT2D eigenvalue weighted by Crippen LogP contribution is -2.21. The molecular formula is C18H29O5P. The second-order valence-corrected chi connectivity index (χ2v) is 7.82. The van der Waals surface area contributed by atoms with Gasteiger partial charge in [0.1, 0.15) is 17.2 Å². The van der Waals surface area contributed by atoms with Gasteiger partial charge in [0.2, 0.25) is 0 Å². The molecule has 6 heteroatoms. The third kappa shape index (κ3) is 6.39. The van der Waals surface area contributed by atoms with Crippen LogP contribution in [0.1, 0.15) is 45.6 Å². The summed E-state index contributed by atoms with van der Waals surface area (Å²) in [6.45, 7) is 5.51. The molecule has 0 spiro atoms. The molecule has 0 aliphatic heterocycles. The minimum Gasteiger partial charge on any atom is -0.497 e.